The van der Waals surface area contributed by atoms with Crippen molar-refractivity contribution in [1.82, 2.24) is 0 Å². The molecule has 11 N–H and O–H groups in total. The maximum Gasteiger partial charge on any atom is 0.332 e. The van der Waals surface area contributed by atoms with Gasteiger partial charge in [-0.1, -0.05) is 0 Å². The fourth-order valence-electron chi connectivity index (χ4n) is 0.824. The van der Waals surface area contributed by atoms with Crippen molar-refractivity contribution in [2.24, 2.45) is 17.2 Å². The van der Waals surface area contributed by atoms with E-state index < -0.39 is 48.0 Å². The topological polar surface area (TPSA) is 265 Å². The maximum atomic E-state index is 10.1. The Bertz CT molecular complexity index is 447. The zero-order valence-electron chi connectivity index (χ0n) is 14.1. The minimum absolute atomic E-state index is 0.0213. The molecule has 13 heteroatoms. The van der Waals surface area contributed by atoms with Crippen molar-refractivity contribution in [3.63, 3.8) is 0 Å². The number of nitrogens with two attached hydrogens (primary N) is 3. The van der Waals surface area contributed by atoms with E-state index in [9.17, 15) is 24.0 Å². The van der Waals surface area contributed by atoms with Crippen LogP contribution in [-0.4, -0.2) is 73.5 Å². The van der Waals surface area contributed by atoms with Crippen LogP contribution in [0.5, 0.6) is 0 Å². The minimum Gasteiger partial charge on any atom is -0.481 e. The van der Waals surface area contributed by atoms with Crippen LogP contribution in [0.4, 0.5) is 0 Å². The lowest BCUT2D eigenvalue weighted by molar-refractivity contribution is -0.145. The molecule has 0 aromatic rings. The number of aliphatic carboxylic acids is 4. The van der Waals surface area contributed by atoms with Crippen molar-refractivity contribution in [2.45, 2.75) is 50.8 Å². The number of primary amides is 1. The van der Waals surface area contributed by atoms with Gasteiger partial charge >= 0.3 is 23.9 Å². The number of amides is 1. The van der Waals surface area contributed by atoms with Crippen LogP contribution in [0.1, 0.15) is 32.6 Å². The number of hydrogen-bond donors (Lipinski definition) is 8. The number of hydrogen-bond acceptors (Lipinski definition) is 8. The van der Waals surface area contributed by atoms with Gasteiger partial charge < -0.3 is 42.7 Å². The summed E-state index contributed by atoms with van der Waals surface area (Å²) in [6.45, 7) is 1.20. The van der Waals surface area contributed by atoms with Crippen molar-refractivity contribution in [2.75, 3.05) is 0 Å². The van der Waals surface area contributed by atoms with Gasteiger partial charge in [0.05, 0.1) is 0 Å². The summed E-state index contributed by atoms with van der Waals surface area (Å²) in [5, 5.41) is 40.3. The number of carboxylic acid groups (broad SMARTS) is 4. The zero-order chi connectivity index (χ0) is 21.4. The van der Waals surface area contributed by atoms with Crippen molar-refractivity contribution in [3.8, 4) is 0 Å². The molecule has 0 heterocycles. The molecule has 3 atom stereocenters. The van der Waals surface area contributed by atoms with Gasteiger partial charge in [0.15, 0.2) is 0 Å². The first-order chi connectivity index (χ1) is 11.7. The lowest BCUT2D eigenvalue weighted by Crippen LogP contribution is -2.31. The Morgan fingerprint density at radius 2 is 1.08 bits per heavy atom. The standard InChI is InChI=1S/C5H10N2O3.C5H9NO4.C3H6O3/c2*6-3(5(9)10)1-2-4(7)8;1-2(4)3(5)6/h3H,1-2,6H2,(H2,7,8)(H,9,10);3H,1-2,6H2,(H,7,8)(H,9,10);2,4H,1H3,(H,5,6)/t2*3-;/m00./s1. The average Bonchev–Trinajstić information content (AvgIpc) is 2.50. The van der Waals surface area contributed by atoms with Gasteiger partial charge in [0.1, 0.15) is 18.2 Å². The van der Waals surface area contributed by atoms with E-state index in [0.717, 1.165) is 0 Å². The Morgan fingerprint density at radius 1 is 0.769 bits per heavy atom. The summed E-state index contributed by atoms with van der Waals surface area (Å²) < 4.78 is 0. The lowest BCUT2D eigenvalue weighted by Gasteiger charge is -2.01. The average molecular weight is 383 g/mol. The lowest BCUT2D eigenvalue weighted by atomic mass is 10.2. The monoisotopic (exact) mass is 383 g/mol. The van der Waals surface area contributed by atoms with E-state index >= 15 is 0 Å². The summed E-state index contributed by atoms with van der Waals surface area (Å²) in [7, 11) is 0. The third-order valence-electron chi connectivity index (χ3n) is 2.36. The highest BCUT2D eigenvalue weighted by Crippen LogP contribution is 1.93. The Labute approximate surface area is 148 Å². The van der Waals surface area contributed by atoms with Gasteiger partial charge in [-0.3, -0.25) is 19.2 Å². The van der Waals surface area contributed by atoms with Gasteiger partial charge in [-0.25, -0.2) is 4.79 Å². The molecule has 0 saturated carbocycles. The van der Waals surface area contributed by atoms with Gasteiger partial charge in [-0.05, 0) is 19.8 Å². The normalized spacial score (nSPS) is 12.8. The number of rotatable bonds is 9. The highest BCUT2D eigenvalue weighted by atomic mass is 16.4. The van der Waals surface area contributed by atoms with Crippen LogP contribution in [0, 0.1) is 0 Å². The zero-order valence-corrected chi connectivity index (χ0v) is 14.1. The molecule has 152 valence electrons. The van der Waals surface area contributed by atoms with Crippen LogP contribution in [0.25, 0.3) is 0 Å². The first kappa shape index (κ1) is 28.1. The second kappa shape index (κ2) is 15.7. The van der Waals surface area contributed by atoms with Gasteiger partial charge in [0.2, 0.25) is 5.91 Å². The van der Waals surface area contributed by atoms with E-state index in [-0.39, 0.29) is 25.7 Å². The third kappa shape index (κ3) is 23.5. The van der Waals surface area contributed by atoms with Crippen LogP contribution in [0.2, 0.25) is 0 Å². The Morgan fingerprint density at radius 3 is 1.27 bits per heavy atom. The summed E-state index contributed by atoms with van der Waals surface area (Å²) in [5.74, 6) is -5.02. The van der Waals surface area contributed by atoms with E-state index in [2.05, 4.69) is 0 Å². The van der Waals surface area contributed by atoms with E-state index in [1.165, 1.54) is 6.92 Å². The molecule has 0 radical (unpaired) electrons. The molecular formula is C13H25N3O10. The molecule has 0 spiro atoms. The molecule has 0 aromatic heterocycles. The Kier molecular flexibility index (Phi) is 17.0. The molecule has 1 amide bonds. The molecule has 0 aliphatic heterocycles. The van der Waals surface area contributed by atoms with E-state index in [1.807, 2.05) is 0 Å². The first-order valence-electron chi connectivity index (χ1n) is 7.10. The largest absolute Gasteiger partial charge is 0.481 e. The molecule has 0 aliphatic rings. The summed E-state index contributed by atoms with van der Waals surface area (Å²) in [4.78, 5) is 49.5. The fourth-order valence-corrected chi connectivity index (χ4v) is 0.824. The van der Waals surface area contributed by atoms with E-state index in [4.69, 9.17) is 42.7 Å². The third-order valence-corrected chi connectivity index (χ3v) is 2.36. The highest BCUT2D eigenvalue weighted by molar-refractivity contribution is 5.77. The molecule has 0 bridgehead atoms. The SMILES string of the molecule is CC(O)C(=O)O.NC(=O)CC[C@H](N)C(=O)O.N[C@@H](CCC(=O)O)C(=O)O. The molecular weight excluding hydrogens is 358 g/mol. The molecule has 1 unspecified atom stereocenters. The van der Waals surface area contributed by atoms with E-state index in [0.29, 0.717) is 0 Å². The first-order valence-corrected chi connectivity index (χ1v) is 7.10. The minimum atomic E-state index is -1.23. The summed E-state index contributed by atoms with van der Waals surface area (Å²) in [6, 6.07) is -2.04. The summed E-state index contributed by atoms with van der Waals surface area (Å²) in [5.41, 5.74) is 14.8. The van der Waals surface area contributed by atoms with Crippen molar-refractivity contribution in [3.05, 3.63) is 0 Å². The molecule has 0 aliphatic carbocycles. The van der Waals surface area contributed by atoms with Gasteiger partial charge in [-0.15, -0.1) is 0 Å². The predicted octanol–water partition coefficient (Wildman–Crippen LogP) is -2.62. The second-order valence-electron chi connectivity index (χ2n) is 4.84. The smallest absolute Gasteiger partial charge is 0.332 e. The molecule has 0 aromatic carbocycles. The van der Waals surface area contributed by atoms with Gasteiger partial charge in [0, 0.05) is 12.8 Å². The number of carboxylic acids is 4. The molecule has 0 fully saturated rings. The van der Waals surface area contributed by atoms with Crippen molar-refractivity contribution < 1.29 is 49.5 Å². The van der Waals surface area contributed by atoms with Crippen molar-refractivity contribution in [1.29, 1.82) is 0 Å². The number of aliphatic hydroxyl groups excluding tert-OH is 1. The van der Waals surface area contributed by atoms with Crippen LogP contribution in [-0.2, 0) is 24.0 Å². The molecule has 13 nitrogen and oxygen atoms in total. The predicted molar refractivity (Wildman–Crippen MR) is 85.8 cm³/mol. The summed E-state index contributed by atoms with van der Waals surface area (Å²) in [6.07, 6.45) is -1.33. The quantitative estimate of drug-likeness (QED) is 0.203. The molecule has 0 saturated heterocycles. The molecule has 26 heavy (non-hydrogen) atoms. The molecule has 0 rings (SSSR count). The van der Waals surface area contributed by atoms with Gasteiger partial charge in [-0.2, -0.15) is 0 Å². The Hall–Kier alpha value is -2.77. The number of carbonyl (C=O) groups is 5. The van der Waals surface area contributed by atoms with E-state index in [1.54, 1.807) is 0 Å². The highest BCUT2D eigenvalue weighted by Gasteiger charge is 2.12. The maximum absolute atomic E-state index is 10.1. The van der Waals surface area contributed by atoms with Crippen LogP contribution < -0.4 is 17.2 Å². The van der Waals surface area contributed by atoms with Crippen LogP contribution in [0.15, 0.2) is 0 Å². The number of aliphatic hydroxyl groups is 1. The Balaban J connectivity index is -0.000000316. The van der Waals surface area contributed by atoms with Gasteiger partial charge in [0.25, 0.3) is 0 Å². The number of carbonyl (C=O) groups excluding carboxylic acids is 1. The van der Waals surface area contributed by atoms with Crippen LogP contribution >= 0.6 is 0 Å². The summed E-state index contributed by atoms with van der Waals surface area (Å²) >= 11 is 0. The second-order valence-corrected chi connectivity index (χ2v) is 4.84. The fraction of sp³-hybridized carbons (Fsp3) is 0.615. The van der Waals surface area contributed by atoms with Crippen LogP contribution in [0.3, 0.4) is 0 Å². The van der Waals surface area contributed by atoms with Crippen molar-refractivity contribution >= 4 is 29.8 Å².